The van der Waals surface area contributed by atoms with Crippen LogP contribution in [0.4, 0.5) is 0 Å². The molecule has 1 atom stereocenters. The van der Waals surface area contributed by atoms with Crippen LogP contribution in [0.1, 0.15) is 17.5 Å². The summed E-state index contributed by atoms with van der Waals surface area (Å²) in [5.74, 6) is 1.03. The van der Waals surface area contributed by atoms with Crippen molar-refractivity contribution in [3.63, 3.8) is 0 Å². The van der Waals surface area contributed by atoms with E-state index in [-0.39, 0.29) is 12.7 Å². The lowest BCUT2D eigenvalue weighted by Crippen LogP contribution is -2.15. The molecule has 1 aromatic rings. The van der Waals surface area contributed by atoms with E-state index in [1.807, 2.05) is 6.07 Å². The van der Waals surface area contributed by atoms with Crippen molar-refractivity contribution in [3.05, 3.63) is 29.3 Å². The molecule has 0 fully saturated rings. The van der Waals surface area contributed by atoms with Gasteiger partial charge in [0.2, 0.25) is 0 Å². The Morgan fingerprint density at radius 3 is 3.06 bits per heavy atom. The molecule has 1 unspecified atom stereocenters. The molecule has 0 aromatic heterocycles. The van der Waals surface area contributed by atoms with Gasteiger partial charge in [-0.3, -0.25) is 0 Å². The van der Waals surface area contributed by atoms with Gasteiger partial charge < -0.3 is 14.3 Å². The maximum absolute atomic E-state index is 10.7. The van der Waals surface area contributed by atoms with Crippen molar-refractivity contribution >= 4 is 6.29 Å². The van der Waals surface area contributed by atoms with Gasteiger partial charge in [0.25, 0.3) is 0 Å². The van der Waals surface area contributed by atoms with E-state index in [0.29, 0.717) is 0 Å². The van der Waals surface area contributed by atoms with Crippen LogP contribution in [0, 0.1) is 5.92 Å². The number of methoxy groups -OCH3 is 1. The third-order valence-corrected chi connectivity index (χ3v) is 2.98. The number of benzene rings is 1. The zero-order valence-corrected chi connectivity index (χ0v) is 9.44. The van der Waals surface area contributed by atoms with Gasteiger partial charge in [0.05, 0.1) is 0 Å². The highest BCUT2D eigenvalue weighted by molar-refractivity contribution is 5.56. The lowest BCUT2D eigenvalue weighted by molar-refractivity contribution is -0.111. The maximum atomic E-state index is 10.7. The molecular weight excluding hydrogens is 204 g/mol. The number of carbonyl (C=O) groups excluding carboxylic acids is 1. The van der Waals surface area contributed by atoms with Gasteiger partial charge in [-0.15, -0.1) is 0 Å². The number of aldehydes is 1. The van der Waals surface area contributed by atoms with E-state index in [0.717, 1.165) is 31.3 Å². The molecule has 16 heavy (non-hydrogen) atoms. The van der Waals surface area contributed by atoms with E-state index < -0.39 is 0 Å². The van der Waals surface area contributed by atoms with Crippen molar-refractivity contribution in [1.29, 1.82) is 0 Å². The van der Waals surface area contributed by atoms with Crippen LogP contribution < -0.4 is 4.74 Å². The summed E-state index contributed by atoms with van der Waals surface area (Å²) in [6.45, 7) is 0.274. The predicted molar refractivity (Wildman–Crippen MR) is 60.5 cm³/mol. The summed E-state index contributed by atoms with van der Waals surface area (Å²) in [6, 6.07) is 6.04. The van der Waals surface area contributed by atoms with Crippen LogP contribution in [0.15, 0.2) is 18.2 Å². The van der Waals surface area contributed by atoms with E-state index in [4.69, 9.17) is 9.47 Å². The second-order valence-corrected chi connectivity index (χ2v) is 4.12. The molecule has 0 heterocycles. The molecule has 0 N–H and O–H groups in total. The summed E-state index contributed by atoms with van der Waals surface area (Å²) in [6.07, 6.45) is 3.84. The first-order valence-electron chi connectivity index (χ1n) is 5.52. The first kappa shape index (κ1) is 11.1. The molecule has 0 spiro atoms. The molecule has 2 rings (SSSR count). The molecule has 0 saturated heterocycles. The van der Waals surface area contributed by atoms with Crippen LogP contribution in [0.5, 0.6) is 5.75 Å². The number of rotatable bonds is 4. The Morgan fingerprint density at radius 1 is 1.44 bits per heavy atom. The molecule has 1 aliphatic carbocycles. The highest BCUT2D eigenvalue weighted by Gasteiger charge is 2.18. The van der Waals surface area contributed by atoms with Gasteiger partial charge in [0.1, 0.15) is 12.0 Å². The second kappa shape index (κ2) is 5.12. The number of hydrogen-bond acceptors (Lipinski definition) is 3. The molecule has 0 radical (unpaired) electrons. The maximum Gasteiger partial charge on any atom is 0.188 e. The van der Waals surface area contributed by atoms with Crippen LogP contribution in [-0.2, 0) is 22.4 Å². The minimum absolute atomic E-state index is 0.193. The molecule has 3 heteroatoms. The Hall–Kier alpha value is -1.35. The summed E-state index contributed by atoms with van der Waals surface area (Å²) >= 11 is 0. The van der Waals surface area contributed by atoms with Crippen molar-refractivity contribution in [2.45, 2.75) is 19.3 Å². The first-order chi connectivity index (χ1) is 7.83. The molecule has 0 aliphatic heterocycles. The highest BCUT2D eigenvalue weighted by Crippen LogP contribution is 2.27. The fourth-order valence-corrected chi connectivity index (χ4v) is 2.09. The molecule has 1 aromatic carbocycles. The number of carbonyl (C=O) groups is 1. The van der Waals surface area contributed by atoms with E-state index in [2.05, 4.69) is 12.1 Å². The van der Waals surface area contributed by atoms with Gasteiger partial charge in [-0.05, 0) is 42.5 Å². The molecule has 0 saturated carbocycles. The Balaban J connectivity index is 2.11. The molecule has 0 amide bonds. The quantitative estimate of drug-likeness (QED) is 0.575. The predicted octanol–water partition coefficient (Wildman–Crippen LogP) is 1.97. The second-order valence-electron chi connectivity index (χ2n) is 4.12. The van der Waals surface area contributed by atoms with Gasteiger partial charge in [0.15, 0.2) is 6.79 Å². The smallest absolute Gasteiger partial charge is 0.188 e. The molecular formula is C13H16O3. The first-order valence-corrected chi connectivity index (χ1v) is 5.52. The highest BCUT2D eigenvalue weighted by atomic mass is 16.7. The average Bonchev–Trinajstić information content (AvgIpc) is 2.35. The molecule has 3 nitrogen and oxygen atoms in total. The number of hydrogen-bond donors (Lipinski definition) is 0. The topological polar surface area (TPSA) is 35.5 Å². The van der Waals surface area contributed by atoms with Crippen LogP contribution in [0.3, 0.4) is 0 Å². The Bertz CT molecular complexity index is 373. The summed E-state index contributed by atoms with van der Waals surface area (Å²) in [7, 11) is 1.60. The summed E-state index contributed by atoms with van der Waals surface area (Å²) in [5, 5.41) is 0. The summed E-state index contributed by atoms with van der Waals surface area (Å²) in [5.41, 5.74) is 2.57. The minimum Gasteiger partial charge on any atom is -0.468 e. The fraction of sp³-hybridized carbons (Fsp3) is 0.462. The normalized spacial score (nSPS) is 18.9. The Labute approximate surface area is 95.4 Å². The third-order valence-electron chi connectivity index (χ3n) is 2.98. The van der Waals surface area contributed by atoms with Crippen molar-refractivity contribution in [1.82, 2.24) is 0 Å². The lowest BCUT2D eigenvalue weighted by atomic mass is 9.85. The van der Waals surface area contributed by atoms with Gasteiger partial charge in [-0.1, -0.05) is 6.07 Å². The van der Waals surface area contributed by atoms with Crippen LogP contribution in [-0.4, -0.2) is 20.2 Å². The standard InChI is InChI=1S/C13H16O3/c1-15-9-16-13-5-4-11-6-10(8-14)2-3-12(11)7-13/h4-5,7-8,10H,2-3,6,9H2,1H3. The SMILES string of the molecule is COCOc1ccc2c(c1)CCC(C=O)C2. The summed E-state index contributed by atoms with van der Waals surface area (Å²) < 4.78 is 10.2. The van der Waals surface area contributed by atoms with Gasteiger partial charge in [-0.25, -0.2) is 0 Å². The minimum atomic E-state index is 0.193. The monoisotopic (exact) mass is 220 g/mol. The Kier molecular flexibility index (Phi) is 3.57. The van der Waals surface area contributed by atoms with E-state index in [1.54, 1.807) is 7.11 Å². The van der Waals surface area contributed by atoms with Crippen molar-refractivity contribution < 1.29 is 14.3 Å². The van der Waals surface area contributed by atoms with Crippen molar-refractivity contribution in [3.8, 4) is 5.75 Å². The zero-order valence-electron chi connectivity index (χ0n) is 9.44. The van der Waals surface area contributed by atoms with Gasteiger partial charge in [0, 0.05) is 13.0 Å². The number of ether oxygens (including phenoxy) is 2. The van der Waals surface area contributed by atoms with Crippen LogP contribution in [0.2, 0.25) is 0 Å². The van der Waals surface area contributed by atoms with Crippen LogP contribution in [0.25, 0.3) is 0 Å². The van der Waals surface area contributed by atoms with Crippen molar-refractivity contribution in [2.75, 3.05) is 13.9 Å². The Morgan fingerprint density at radius 2 is 2.31 bits per heavy atom. The van der Waals surface area contributed by atoms with E-state index in [9.17, 15) is 4.79 Å². The molecule has 86 valence electrons. The number of aryl methyl sites for hydroxylation is 1. The average molecular weight is 220 g/mol. The largest absolute Gasteiger partial charge is 0.468 e. The van der Waals surface area contributed by atoms with E-state index >= 15 is 0 Å². The molecule has 1 aliphatic rings. The van der Waals surface area contributed by atoms with Crippen molar-refractivity contribution in [2.24, 2.45) is 5.92 Å². The van der Waals surface area contributed by atoms with Gasteiger partial charge in [-0.2, -0.15) is 0 Å². The van der Waals surface area contributed by atoms with Gasteiger partial charge >= 0.3 is 0 Å². The fourth-order valence-electron chi connectivity index (χ4n) is 2.09. The molecule has 0 bridgehead atoms. The number of fused-ring (bicyclic) bond motifs is 1. The van der Waals surface area contributed by atoms with Crippen LogP contribution >= 0.6 is 0 Å². The zero-order chi connectivity index (χ0) is 11.4. The third kappa shape index (κ3) is 2.42. The van der Waals surface area contributed by atoms with E-state index in [1.165, 1.54) is 11.1 Å². The lowest BCUT2D eigenvalue weighted by Gasteiger charge is -2.21. The summed E-state index contributed by atoms with van der Waals surface area (Å²) in [4.78, 5) is 10.7.